The third-order valence-corrected chi connectivity index (χ3v) is 4.31. The Labute approximate surface area is 122 Å². The van der Waals surface area contributed by atoms with Crippen molar-refractivity contribution in [1.29, 1.82) is 0 Å². The monoisotopic (exact) mass is 288 g/mol. The van der Waals surface area contributed by atoms with Gasteiger partial charge in [-0.1, -0.05) is 42.8 Å². The summed E-state index contributed by atoms with van der Waals surface area (Å²) in [6.07, 6.45) is 3.49. The van der Waals surface area contributed by atoms with Crippen LogP contribution in [-0.4, -0.2) is 0 Å². The van der Waals surface area contributed by atoms with Crippen molar-refractivity contribution in [3.63, 3.8) is 0 Å². The van der Waals surface area contributed by atoms with Crippen LogP contribution in [0.1, 0.15) is 47.9 Å². The minimum Gasteiger partial charge on any atom is -0.271 e. The highest BCUT2D eigenvalue weighted by Gasteiger charge is 2.27. The molecule has 1 aliphatic rings. The molecular weight excluding hydrogens is 270 g/mol. The van der Waals surface area contributed by atoms with Crippen LogP contribution in [0.4, 0.5) is 8.78 Å². The van der Waals surface area contributed by atoms with Crippen molar-refractivity contribution in [2.75, 3.05) is 0 Å². The van der Waals surface area contributed by atoms with Crippen molar-refractivity contribution in [2.24, 2.45) is 5.84 Å². The van der Waals surface area contributed by atoms with E-state index in [9.17, 15) is 8.78 Å². The first-order chi connectivity index (χ1) is 10.2. The molecule has 110 valence electrons. The van der Waals surface area contributed by atoms with Crippen LogP contribution in [-0.2, 0) is 0 Å². The summed E-state index contributed by atoms with van der Waals surface area (Å²) >= 11 is 0. The molecule has 3 N–H and O–H groups in total. The maximum absolute atomic E-state index is 14.1. The lowest BCUT2D eigenvalue weighted by Gasteiger charge is -2.30. The third kappa shape index (κ3) is 2.57. The summed E-state index contributed by atoms with van der Waals surface area (Å²) in [5.74, 6) is 4.44. The summed E-state index contributed by atoms with van der Waals surface area (Å²) in [5.41, 5.74) is 4.98. The Kier molecular flexibility index (Phi) is 3.99. The molecule has 0 saturated heterocycles. The lowest BCUT2D eigenvalue weighted by molar-refractivity contribution is 0.413. The SMILES string of the molecule is NNC(c1ccccc1C1CCC1)c1cccc(F)c1F. The smallest absolute Gasteiger partial charge is 0.163 e. The van der Waals surface area contributed by atoms with E-state index in [0.717, 1.165) is 24.5 Å². The maximum atomic E-state index is 14.1. The van der Waals surface area contributed by atoms with Gasteiger partial charge in [0.2, 0.25) is 0 Å². The molecule has 3 rings (SSSR count). The first-order valence-corrected chi connectivity index (χ1v) is 7.21. The van der Waals surface area contributed by atoms with E-state index in [1.54, 1.807) is 6.07 Å². The molecule has 4 heteroatoms. The predicted octanol–water partition coefficient (Wildman–Crippen LogP) is 3.79. The first kappa shape index (κ1) is 14.2. The number of rotatable bonds is 4. The molecule has 0 aromatic heterocycles. The summed E-state index contributed by atoms with van der Waals surface area (Å²) in [6, 6.07) is 11.5. The van der Waals surface area contributed by atoms with Gasteiger partial charge in [0, 0.05) is 5.56 Å². The lowest BCUT2D eigenvalue weighted by Crippen LogP contribution is -2.31. The van der Waals surface area contributed by atoms with Gasteiger partial charge in [-0.2, -0.15) is 0 Å². The van der Waals surface area contributed by atoms with E-state index in [2.05, 4.69) is 11.5 Å². The fraction of sp³-hybridized carbons (Fsp3) is 0.294. The van der Waals surface area contributed by atoms with Gasteiger partial charge in [0.15, 0.2) is 11.6 Å². The molecule has 1 saturated carbocycles. The Hall–Kier alpha value is -1.78. The second kappa shape index (κ2) is 5.92. The van der Waals surface area contributed by atoms with Crippen LogP contribution in [0.25, 0.3) is 0 Å². The first-order valence-electron chi connectivity index (χ1n) is 7.21. The van der Waals surface area contributed by atoms with Crippen molar-refractivity contribution >= 4 is 0 Å². The maximum Gasteiger partial charge on any atom is 0.163 e. The molecule has 0 heterocycles. The van der Waals surface area contributed by atoms with Crippen LogP contribution in [0.15, 0.2) is 42.5 Å². The molecule has 0 radical (unpaired) electrons. The summed E-state index contributed by atoms with van der Waals surface area (Å²) in [5, 5.41) is 0. The fourth-order valence-electron chi connectivity index (χ4n) is 2.96. The molecule has 2 aromatic rings. The topological polar surface area (TPSA) is 38.0 Å². The van der Waals surface area contributed by atoms with Gasteiger partial charge >= 0.3 is 0 Å². The van der Waals surface area contributed by atoms with Gasteiger partial charge in [-0.15, -0.1) is 0 Å². The van der Waals surface area contributed by atoms with E-state index in [-0.39, 0.29) is 5.56 Å². The van der Waals surface area contributed by atoms with Gasteiger partial charge in [0.05, 0.1) is 6.04 Å². The van der Waals surface area contributed by atoms with Crippen LogP contribution in [0.2, 0.25) is 0 Å². The minimum absolute atomic E-state index is 0.240. The van der Waals surface area contributed by atoms with Crippen molar-refractivity contribution < 1.29 is 8.78 Å². The van der Waals surface area contributed by atoms with Gasteiger partial charge < -0.3 is 0 Å². The zero-order valence-corrected chi connectivity index (χ0v) is 11.7. The van der Waals surface area contributed by atoms with Crippen LogP contribution < -0.4 is 11.3 Å². The van der Waals surface area contributed by atoms with Crippen LogP contribution >= 0.6 is 0 Å². The molecule has 0 bridgehead atoms. The Morgan fingerprint density at radius 2 is 1.71 bits per heavy atom. The Morgan fingerprint density at radius 3 is 2.38 bits per heavy atom. The molecule has 0 spiro atoms. The Morgan fingerprint density at radius 1 is 1.00 bits per heavy atom. The number of nitrogens with one attached hydrogen (secondary N) is 1. The van der Waals surface area contributed by atoms with Crippen molar-refractivity contribution in [3.8, 4) is 0 Å². The van der Waals surface area contributed by atoms with E-state index < -0.39 is 17.7 Å². The zero-order chi connectivity index (χ0) is 14.8. The summed E-state index contributed by atoms with van der Waals surface area (Å²) < 4.78 is 27.6. The standard InChI is InChI=1S/C17H18F2N2/c18-15-10-4-9-14(16(15)19)17(21-20)13-8-2-1-7-12(13)11-5-3-6-11/h1-2,4,7-11,17,21H,3,5-6,20H2. The fourth-order valence-corrected chi connectivity index (χ4v) is 2.96. The number of halogens is 2. The predicted molar refractivity (Wildman–Crippen MR) is 78.6 cm³/mol. The second-order valence-electron chi connectivity index (χ2n) is 5.50. The van der Waals surface area contributed by atoms with E-state index in [4.69, 9.17) is 5.84 Å². The number of hydrazine groups is 1. The molecule has 1 aliphatic carbocycles. The minimum atomic E-state index is -0.853. The van der Waals surface area contributed by atoms with E-state index >= 15 is 0 Å². The number of nitrogens with two attached hydrogens (primary N) is 1. The van der Waals surface area contributed by atoms with Crippen molar-refractivity contribution in [3.05, 3.63) is 70.8 Å². The summed E-state index contributed by atoms with van der Waals surface area (Å²) in [6.45, 7) is 0. The average molecular weight is 288 g/mol. The van der Waals surface area contributed by atoms with E-state index in [0.29, 0.717) is 5.92 Å². The van der Waals surface area contributed by atoms with Gasteiger partial charge in [-0.3, -0.25) is 5.84 Å². The number of hydrogen-bond acceptors (Lipinski definition) is 2. The number of benzene rings is 2. The molecule has 1 atom stereocenters. The summed E-state index contributed by atoms with van der Waals surface area (Å²) in [4.78, 5) is 0. The average Bonchev–Trinajstić information content (AvgIpc) is 2.44. The Bertz CT molecular complexity index is 638. The quantitative estimate of drug-likeness (QED) is 0.663. The van der Waals surface area contributed by atoms with E-state index in [1.807, 2.05) is 18.2 Å². The normalized spacial score (nSPS) is 16.5. The van der Waals surface area contributed by atoms with Crippen molar-refractivity contribution in [1.82, 2.24) is 5.43 Å². The lowest BCUT2D eigenvalue weighted by atomic mass is 9.76. The van der Waals surface area contributed by atoms with Gasteiger partial charge in [0.1, 0.15) is 0 Å². The molecular formula is C17H18F2N2. The highest BCUT2D eigenvalue weighted by molar-refractivity contribution is 5.40. The van der Waals surface area contributed by atoms with Crippen molar-refractivity contribution in [2.45, 2.75) is 31.2 Å². The second-order valence-corrected chi connectivity index (χ2v) is 5.50. The molecule has 21 heavy (non-hydrogen) atoms. The molecule has 1 fully saturated rings. The van der Waals surface area contributed by atoms with Gasteiger partial charge in [-0.25, -0.2) is 14.2 Å². The largest absolute Gasteiger partial charge is 0.271 e. The highest BCUT2D eigenvalue weighted by atomic mass is 19.2. The zero-order valence-electron chi connectivity index (χ0n) is 11.7. The molecule has 1 unspecified atom stereocenters. The van der Waals surface area contributed by atoms with E-state index in [1.165, 1.54) is 18.1 Å². The highest BCUT2D eigenvalue weighted by Crippen LogP contribution is 2.40. The third-order valence-electron chi connectivity index (χ3n) is 4.31. The molecule has 0 aliphatic heterocycles. The Balaban J connectivity index is 2.06. The van der Waals surface area contributed by atoms with Gasteiger partial charge in [0.25, 0.3) is 0 Å². The number of hydrogen-bond donors (Lipinski definition) is 2. The summed E-state index contributed by atoms with van der Waals surface area (Å²) in [7, 11) is 0. The molecule has 2 aromatic carbocycles. The molecule has 2 nitrogen and oxygen atoms in total. The van der Waals surface area contributed by atoms with Crippen LogP contribution in [0, 0.1) is 11.6 Å². The molecule has 0 amide bonds. The van der Waals surface area contributed by atoms with Crippen LogP contribution in [0.5, 0.6) is 0 Å². The van der Waals surface area contributed by atoms with Crippen LogP contribution in [0.3, 0.4) is 0 Å². The van der Waals surface area contributed by atoms with Gasteiger partial charge in [-0.05, 0) is 36.0 Å².